The maximum absolute atomic E-state index is 10.3. The molecular weight excluding hydrogens is 442 g/mol. The molecule has 2 aromatic carbocycles. The van der Waals surface area contributed by atoms with E-state index in [0.29, 0.717) is 30.8 Å². The molecule has 0 bridgehead atoms. The van der Waals surface area contributed by atoms with Crippen LogP contribution in [0.25, 0.3) is 22.3 Å². The normalized spacial score (nSPS) is 11.1. The summed E-state index contributed by atoms with van der Waals surface area (Å²) in [6.07, 6.45) is 3.48. The van der Waals surface area contributed by atoms with Crippen molar-refractivity contribution in [1.82, 2.24) is 20.3 Å². The van der Waals surface area contributed by atoms with E-state index in [1.54, 1.807) is 37.7 Å². The number of ether oxygens (including phenoxy) is 2. The minimum atomic E-state index is 0.155. The molecule has 0 spiro atoms. The molecule has 0 saturated carbocycles. The molecule has 0 amide bonds. The van der Waals surface area contributed by atoms with E-state index in [4.69, 9.17) is 14.5 Å². The quantitative estimate of drug-likeness (QED) is 0.335. The molecule has 2 aromatic heterocycles. The van der Waals surface area contributed by atoms with Crippen LogP contribution in [0.15, 0.2) is 60.9 Å². The number of fused-ring (bicyclic) bond motifs is 1. The Morgan fingerprint density at radius 3 is 2.54 bits per heavy atom. The Morgan fingerprint density at radius 2 is 1.83 bits per heavy atom. The lowest BCUT2D eigenvalue weighted by Gasteiger charge is -2.26. The van der Waals surface area contributed by atoms with Gasteiger partial charge in [0.2, 0.25) is 5.88 Å². The number of phenols is 1. The molecule has 0 aliphatic rings. The van der Waals surface area contributed by atoms with Crippen LogP contribution in [0.2, 0.25) is 0 Å². The third-order valence-electron chi connectivity index (χ3n) is 5.47. The Balaban J connectivity index is 1.73. The summed E-state index contributed by atoms with van der Waals surface area (Å²) in [6, 6.07) is 15.4. The smallest absolute Gasteiger partial charge is 0.212 e. The number of aromatic hydroxyl groups is 1. The highest BCUT2D eigenvalue weighted by molar-refractivity contribution is 5.82. The second-order valence-electron chi connectivity index (χ2n) is 8.40. The molecule has 2 heterocycles. The zero-order valence-electron chi connectivity index (χ0n) is 20.5. The van der Waals surface area contributed by atoms with E-state index < -0.39 is 0 Å². The number of rotatable bonds is 10. The summed E-state index contributed by atoms with van der Waals surface area (Å²) < 4.78 is 10.8. The number of nitrogens with one attached hydrogen (secondary N) is 1. The van der Waals surface area contributed by atoms with Crippen LogP contribution in [0, 0.1) is 0 Å². The van der Waals surface area contributed by atoms with Crippen LogP contribution in [0.1, 0.15) is 20.8 Å². The van der Waals surface area contributed by atoms with E-state index in [-0.39, 0.29) is 5.75 Å². The SMILES string of the molecule is CCOc1cc(O)cc(N(CCNC(C)C)c2ccc3ncc(-c4ccc(OC)nc4)nc3c2)c1. The van der Waals surface area contributed by atoms with Gasteiger partial charge in [-0.25, -0.2) is 9.97 Å². The minimum Gasteiger partial charge on any atom is -0.508 e. The van der Waals surface area contributed by atoms with Gasteiger partial charge in [-0.1, -0.05) is 13.8 Å². The molecule has 35 heavy (non-hydrogen) atoms. The van der Waals surface area contributed by atoms with Crippen LogP contribution < -0.4 is 19.7 Å². The maximum atomic E-state index is 10.3. The highest BCUT2D eigenvalue weighted by Crippen LogP contribution is 2.33. The number of hydrogen-bond donors (Lipinski definition) is 2. The van der Waals surface area contributed by atoms with Gasteiger partial charge in [0, 0.05) is 66.5 Å². The lowest BCUT2D eigenvalue weighted by molar-refractivity contribution is 0.338. The molecule has 8 nitrogen and oxygen atoms in total. The summed E-state index contributed by atoms with van der Waals surface area (Å²) in [7, 11) is 1.59. The van der Waals surface area contributed by atoms with E-state index in [0.717, 1.165) is 40.2 Å². The molecule has 0 aliphatic heterocycles. The van der Waals surface area contributed by atoms with Gasteiger partial charge in [0.05, 0.1) is 36.6 Å². The first-order valence-electron chi connectivity index (χ1n) is 11.7. The van der Waals surface area contributed by atoms with Crippen LogP contribution in [-0.4, -0.2) is 52.9 Å². The fourth-order valence-electron chi connectivity index (χ4n) is 3.81. The molecule has 0 aliphatic carbocycles. The van der Waals surface area contributed by atoms with Crippen molar-refractivity contribution < 1.29 is 14.6 Å². The minimum absolute atomic E-state index is 0.155. The van der Waals surface area contributed by atoms with Crippen LogP contribution in [-0.2, 0) is 0 Å². The van der Waals surface area contributed by atoms with Gasteiger partial charge in [0.1, 0.15) is 11.5 Å². The van der Waals surface area contributed by atoms with E-state index in [1.807, 2.05) is 37.3 Å². The highest BCUT2D eigenvalue weighted by Gasteiger charge is 2.14. The molecule has 0 radical (unpaired) electrons. The lowest BCUT2D eigenvalue weighted by atomic mass is 10.1. The van der Waals surface area contributed by atoms with Gasteiger partial charge < -0.3 is 24.8 Å². The molecule has 0 unspecified atom stereocenters. The monoisotopic (exact) mass is 473 g/mol. The molecule has 2 N–H and O–H groups in total. The topological polar surface area (TPSA) is 92.6 Å². The lowest BCUT2D eigenvalue weighted by Crippen LogP contribution is -2.32. The van der Waals surface area contributed by atoms with E-state index in [2.05, 4.69) is 34.0 Å². The van der Waals surface area contributed by atoms with Gasteiger partial charge in [0.25, 0.3) is 0 Å². The number of aromatic nitrogens is 3. The van der Waals surface area contributed by atoms with Crippen molar-refractivity contribution in [3.63, 3.8) is 0 Å². The number of anilines is 2. The van der Waals surface area contributed by atoms with Crippen LogP contribution in [0.3, 0.4) is 0 Å². The number of pyridine rings is 1. The van der Waals surface area contributed by atoms with Crippen molar-refractivity contribution in [3.8, 4) is 28.6 Å². The Bertz CT molecular complexity index is 1280. The largest absolute Gasteiger partial charge is 0.508 e. The summed E-state index contributed by atoms with van der Waals surface area (Å²) in [4.78, 5) is 15.9. The molecule has 4 aromatic rings. The van der Waals surface area contributed by atoms with E-state index in [9.17, 15) is 5.11 Å². The molecule has 0 saturated heterocycles. The van der Waals surface area contributed by atoms with Crippen LogP contribution in [0.5, 0.6) is 17.4 Å². The maximum Gasteiger partial charge on any atom is 0.212 e. The predicted molar refractivity (Wildman–Crippen MR) is 139 cm³/mol. The van der Waals surface area contributed by atoms with Crippen molar-refractivity contribution in [3.05, 3.63) is 60.9 Å². The molecule has 8 heteroatoms. The number of methoxy groups -OCH3 is 1. The first-order chi connectivity index (χ1) is 17.0. The first kappa shape index (κ1) is 24.2. The second kappa shape index (κ2) is 11.0. The van der Waals surface area contributed by atoms with Crippen molar-refractivity contribution in [2.24, 2.45) is 0 Å². The van der Waals surface area contributed by atoms with Crippen molar-refractivity contribution in [2.75, 3.05) is 31.7 Å². The summed E-state index contributed by atoms with van der Waals surface area (Å²) in [5.41, 5.74) is 4.93. The van der Waals surface area contributed by atoms with Crippen LogP contribution >= 0.6 is 0 Å². The fourth-order valence-corrected chi connectivity index (χ4v) is 3.81. The average Bonchev–Trinajstić information content (AvgIpc) is 2.86. The number of nitrogens with zero attached hydrogens (tertiary/aromatic N) is 4. The number of phenolic OH excluding ortho intramolecular Hbond substituents is 1. The fraction of sp³-hybridized carbons (Fsp3) is 0.296. The van der Waals surface area contributed by atoms with Gasteiger partial charge in [-0.3, -0.25) is 4.98 Å². The molecule has 0 atom stereocenters. The summed E-state index contributed by atoms with van der Waals surface area (Å²) in [5, 5.41) is 13.8. The van der Waals surface area contributed by atoms with Crippen LogP contribution in [0.4, 0.5) is 11.4 Å². The molecule has 0 fully saturated rings. The summed E-state index contributed by atoms with van der Waals surface area (Å²) >= 11 is 0. The standard InChI is InChI=1S/C27H31N5O3/c1-5-35-23-13-21(12-22(33)15-23)32(11-10-28-18(2)3)20-7-8-24-25(14-20)31-26(17-29-24)19-6-9-27(34-4)30-16-19/h6-9,12-18,28,33H,5,10-11H2,1-4H3. The summed E-state index contributed by atoms with van der Waals surface area (Å²) in [6.45, 7) is 8.13. The van der Waals surface area contributed by atoms with Crippen molar-refractivity contribution >= 4 is 22.4 Å². The molecular formula is C27H31N5O3. The Kier molecular flexibility index (Phi) is 7.62. The zero-order valence-corrected chi connectivity index (χ0v) is 20.5. The number of hydrogen-bond acceptors (Lipinski definition) is 8. The first-order valence-corrected chi connectivity index (χ1v) is 11.7. The van der Waals surface area contributed by atoms with Gasteiger partial charge in [-0.2, -0.15) is 0 Å². The number of benzene rings is 2. The van der Waals surface area contributed by atoms with E-state index >= 15 is 0 Å². The Hall–Kier alpha value is -3.91. The predicted octanol–water partition coefficient (Wildman–Crippen LogP) is 4.94. The van der Waals surface area contributed by atoms with Gasteiger partial charge in [-0.15, -0.1) is 0 Å². The van der Waals surface area contributed by atoms with Gasteiger partial charge in [0.15, 0.2) is 0 Å². The third-order valence-corrected chi connectivity index (χ3v) is 5.47. The van der Waals surface area contributed by atoms with Crippen molar-refractivity contribution in [2.45, 2.75) is 26.8 Å². The van der Waals surface area contributed by atoms with Gasteiger partial charge in [-0.05, 0) is 31.2 Å². The molecule has 182 valence electrons. The highest BCUT2D eigenvalue weighted by atomic mass is 16.5. The van der Waals surface area contributed by atoms with E-state index in [1.165, 1.54) is 0 Å². The third kappa shape index (κ3) is 5.96. The summed E-state index contributed by atoms with van der Waals surface area (Å²) in [5.74, 6) is 1.33. The van der Waals surface area contributed by atoms with Gasteiger partial charge >= 0.3 is 0 Å². The van der Waals surface area contributed by atoms with Crippen molar-refractivity contribution in [1.29, 1.82) is 0 Å². The zero-order chi connectivity index (χ0) is 24.8. The average molecular weight is 474 g/mol. The second-order valence-corrected chi connectivity index (χ2v) is 8.40. The molecule has 4 rings (SSSR count). The Morgan fingerprint density at radius 1 is 0.971 bits per heavy atom. The Labute approximate surface area is 205 Å².